The summed E-state index contributed by atoms with van der Waals surface area (Å²) >= 11 is 11.9. The lowest BCUT2D eigenvalue weighted by Gasteiger charge is -2.27. The highest BCUT2D eigenvalue weighted by atomic mass is 35.5. The molecule has 0 bridgehead atoms. The Bertz CT molecular complexity index is 993. The van der Waals surface area contributed by atoms with E-state index in [-0.39, 0.29) is 23.1 Å². The molecule has 142 valence electrons. The fourth-order valence-electron chi connectivity index (χ4n) is 2.64. The number of rotatable bonds is 5. The lowest BCUT2D eigenvalue weighted by Crippen LogP contribution is -2.43. The summed E-state index contributed by atoms with van der Waals surface area (Å²) in [7, 11) is -3.39. The molecule has 0 fully saturated rings. The second-order valence-corrected chi connectivity index (χ2v) is 8.60. The summed E-state index contributed by atoms with van der Waals surface area (Å²) in [5.74, 6) is -0.954. The van der Waals surface area contributed by atoms with Gasteiger partial charge in [-0.05, 0) is 48.5 Å². The lowest BCUT2D eigenvalue weighted by atomic mass is 10.2. The van der Waals surface area contributed by atoms with Crippen molar-refractivity contribution in [3.05, 3.63) is 69.8 Å². The molecule has 1 aliphatic rings. The van der Waals surface area contributed by atoms with Crippen molar-refractivity contribution in [3.63, 3.8) is 0 Å². The first-order valence-electron chi connectivity index (χ1n) is 7.81. The van der Waals surface area contributed by atoms with Gasteiger partial charge in [0.05, 0.1) is 16.8 Å². The zero-order chi connectivity index (χ0) is 19.6. The zero-order valence-electron chi connectivity index (χ0n) is 13.8. The Hall–Kier alpha value is -2.09. The van der Waals surface area contributed by atoms with Crippen LogP contribution in [0.5, 0.6) is 5.75 Å². The molecule has 1 unspecified atom stereocenters. The van der Waals surface area contributed by atoms with Crippen molar-refractivity contribution in [3.8, 4) is 5.75 Å². The van der Waals surface area contributed by atoms with Gasteiger partial charge >= 0.3 is 0 Å². The summed E-state index contributed by atoms with van der Waals surface area (Å²) in [6, 6.07) is 9.06. The number of sulfone groups is 1. The van der Waals surface area contributed by atoms with Crippen LogP contribution < -0.4 is 9.64 Å². The van der Waals surface area contributed by atoms with E-state index in [1.807, 2.05) is 0 Å². The number of amides is 1. The number of ether oxygens (including phenoxy) is 1. The second kappa shape index (κ2) is 7.88. The van der Waals surface area contributed by atoms with E-state index in [2.05, 4.69) is 0 Å². The molecule has 0 aliphatic carbocycles. The van der Waals surface area contributed by atoms with Crippen LogP contribution >= 0.6 is 23.2 Å². The Morgan fingerprint density at radius 3 is 2.48 bits per heavy atom. The first kappa shape index (κ1) is 19.7. The first-order chi connectivity index (χ1) is 12.7. The molecule has 27 heavy (non-hydrogen) atoms. The number of benzene rings is 2. The summed E-state index contributed by atoms with van der Waals surface area (Å²) in [5, 5.41) is 1.73. The van der Waals surface area contributed by atoms with Crippen molar-refractivity contribution < 1.29 is 22.3 Å². The summed E-state index contributed by atoms with van der Waals surface area (Å²) < 4.78 is 42.2. The molecule has 0 saturated heterocycles. The Morgan fingerprint density at radius 1 is 1.19 bits per heavy atom. The Morgan fingerprint density at radius 2 is 1.89 bits per heavy atom. The van der Waals surface area contributed by atoms with Crippen LogP contribution in [0.4, 0.5) is 10.1 Å². The van der Waals surface area contributed by atoms with Crippen LogP contribution in [0.1, 0.15) is 0 Å². The van der Waals surface area contributed by atoms with E-state index >= 15 is 0 Å². The number of carbonyl (C=O) groups is 1. The van der Waals surface area contributed by atoms with Crippen molar-refractivity contribution in [2.24, 2.45) is 0 Å². The van der Waals surface area contributed by atoms with Gasteiger partial charge in [0, 0.05) is 16.1 Å². The molecule has 2 aromatic carbocycles. The minimum Gasteiger partial charge on any atom is -0.482 e. The Labute approximate surface area is 165 Å². The van der Waals surface area contributed by atoms with Crippen LogP contribution in [0.25, 0.3) is 0 Å². The quantitative estimate of drug-likeness (QED) is 0.723. The predicted octanol–water partition coefficient (Wildman–Crippen LogP) is 3.86. The molecule has 0 radical (unpaired) electrons. The summed E-state index contributed by atoms with van der Waals surface area (Å²) in [6.07, 6.45) is 1.42. The van der Waals surface area contributed by atoms with Gasteiger partial charge in [-0.1, -0.05) is 23.2 Å². The van der Waals surface area contributed by atoms with Gasteiger partial charge in [-0.2, -0.15) is 0 Å². The third kappa shape index (κ3) is 4.80. The van der Waals surface area contributed by atoms with Gasteiger partial charge in [0.1, 0.15) is 11.6 Å². The highest BCUT2D eigenvalue weighted by Gasteiger charge is 2.31. The van der Waals surface area contributed by atoms with Gasteiger partial charge < -0.3 is 9.64 Å². The van der Waals surface area contributed by atoms with E-state index < -0.39 is 27.6 Å². The fourth-order valence-corrected chi connectivity index (χ4v) is 4.37. The smallest absolute Gasteiger partial charge is 0.265 e. The van der Waals surface area contributed by atoms with Crippen LogP contribution in [0.2, 0.25) is 10.0 Å². The molecule has 5 nitrogen and oxygen atoms in total. The maximum absolute atomic E-state index is 13.2. The van der Waals surface area contributed by atoms with E-state index in [0.29, 0.717) is 10.7 Å². The largest absolute Gasteiger partial charge is 0.482 e. The monoisotopic (exact) mass is 429 g/mol. The average Bonchev–Trinajstić information content (AvgIpc) is 2.95. The maximum atomic E-state index is 13.2. The molecular formula is C18H14Cl2FNO4S. The van der Waals surface area contributed by atoms with E-state index in [4.69, 9.17) is 27.9 Å². The summed E-state index contributed by atoms with van der Waals surface area (Å²) in [5.41, 5.74) is 0.360. The lowest BCUT2D eigenvalue weighted by molar-refractivity contribution is -0.120. The van der Waals surface area contributed by atoms with Gasteiger partial charge in [0.25, 0.3) is 5.91 Å². The molecule has 0 spiro atoms. The number of carbonyl (C=O) groups excluding carboxylic acids is 1. The molecule has 0 aromatic heterocycles. The van der Waals surface area contributed by atoms with Gasteiger partial charge in [0.2, 0.25) is 0 Å². The average molecular weight is 430 g/mol. The molecular weight excluding hydrogens is 416 g/mol. The summed E-state index contributed by atoms with van der Waals surface area (Å²) in [4.78, 5) is 14.1. The third-order valence-electron chi connectivity index (χ3n) is 3.86. The van der Waals surface area contributed by atoms with Crippen LogP contribution in [-0.4, -0.2) is 32.7 Å². The van der Waals surface area contributed by atoms with Crippen molar-refractivity contribution >= 4 is 44.6 Å². The highest BCUT2D eigenvalue weighted by molar-refractivity contribution is 7.94. The third-order valence-corrected chi connectivity index (χ3v) is 5.77. The van der Waals surface area contributed by atoms with E-state index in [1.54, 1.807) is 6.07 Å². The SMILES string of the molecule is O=C(COc1ccc(Cl)cc1Cl)N(c1ccc(F)cc1)C1C=CS(=O)(=O)C1. The van der Waals surface area contributed by atoms with Gasteiger partial charge in [-0.15, -0.1) is 0 Å². The number of halogens is 3. The molecule has 1 aliphatic heterocycles. The molecule has 1 heterocycles. The van der Waals surface area contributed by atoms with Gasteiger partial charge in [-0.25, -0.2) is 12.8 Å². The number of hydrogen-bond donors (Lipinski definition) is 0. The van der Waals surface area contributed by atoms with Crippen LogP contribution in [0.15, 0.2) is 53.9 Å². The predicted molar refractivity (Wildman–Crippen MR) is 103 cm³/mol. The second-order valence-electron chi connectivity index (χ2n) is 5.83. The number of nitrogens with zero attached hydrogens (tertiary/aromatic N) is 1. The number of anilines is 1. The zero-order valence-corrected chi connectivity index (χ0v) is 16.1. The Balaban J connectivity index is 1.82. The van der Waals surface area contributed by atoms with Crippen LogP contribution in [0, 0.1) is 5.82 Å². The topological polar surface area (TPSA) is 63.7 Å². The summed E-state index contributed by atoms with van der Waals surface area (Å²) in [6.45, 7) is -0.386. The number of hydrogen-bond acceptors (Lipinski definition) is 4. The Kier molecular flexibility index (Phi) is 5.74. The van der Waals surface area contributed by atoms with Gasteiger partial charge in [-0.3, -0.25) is 4.79 Å². The fraction of sp³-hybridized carbons (Fsp3) is 0.167. The highest BCUT2D eigenvalue weighted by Crippen LogP contribution is 2.28. The van der Waals surface area contributed by atoms with Crippen LogP contribution in [0.3, 0.4) is 0 Å². The minimum absolute atomic E-state index is 0.243. The molecule has 9 heteroatoms. The van der Waals surface area contributed by atoms with E-state index in [9.17, 15) is 17.6 Å². The van der Waals surface area contributed by atoms with Crippen molar-refractivity contribution in [1.82, 2.24) is 0 Å². The molecule has 1 atom stereocenters. The molecule has 1 amide bonds. The van der Waals surface area contributed by atoms with E-state index in [0.717, 1.165) is 5.41 Å². The molecule has 0 saturated carbocycles. The van der Waals surface area contributed by atoms with Crippen molar-refractivity contribution in [2.75, 3.05) is 17.3 Å². The van der Waals surface area contributed by atoms with E-state index in [1.165, 1.54) is 47.4 Å². The maximum Gasteiger partial charge on any atom is 0.265 e. The molecule has 0 N–H and O–H groups in total. The standard InChI is InChI=1S/C18H14Cl2FNO4S/c19-12-1-6-17(16(20)9-12)26-10-18(23)22(14-4-2-13(21)3-5-14)15-7-8-27(24,25)11-15/h1-9,15H,10-11H2. The van der Waals surface area contributed by atoms with Crippen molar-refractivity contribution in [1.29, 1.82) is 0 Å². The molecule has 2 aromatic rings. The van der Waals surface area contributed by atoms with Crippen LogP contribution in [-0.2, 0) is 14.6 Å². The minimum atomic E-state index is -3.39. The normalized spacial score (nSPS) is 17.7. The molecule has 3 rings (SSSR count). The first-order valence-corrected chi connectivity index (χ1v) is 10.3. The van der Waals surface area contributed by atoms with Crippen molar-refractivity contribution in [2.45, 2.75) is 6.04 Å². The van der Waals surface area contributed by atoms with Gasteiger partial charge in [0.15, 0.2) is 16.4 Å².